The van der Waals surface area contributed by atoms with Crippen LogP contribution in [0.5, 0.6) is 0 Å². The number of thiophene rings is 1. The summed E-state index contributed by atoms with van der Waals surface area (Å²) in [4.78, 5) is 2.42. The van der Waals surface area contributed by atoms with Crippen LogP contribution in [0.1, 0.15) is 44.1 Å². The van der Waals surface area contributed by atoms with Gasteiger partial charge in [0.2, 0.25) is 0 Å². The lowest BCUT2D eigenvalue weighted by atomic mass is 9.48. The molecule has 0 unspecified atom stereocenters. The SMILES string of the molecule is c1ccc(-c2cccc3cccc(-c4ccc(N(c5ccc(-c6ccc(C78CC9CC(CC(C9)C7)C8)cc6)cc5)c5cccc(-c6ccc7c(c6)sc6ccccc67)c5)cc4)c23)cc1. The molecule has 1 nitrogen and oxygen atoms in total. The number of benzene rings is 9. The van der Waals surface area contributed by atoms with Crippen LogP contribution in [0.2, 0.25) is 0 Å². The second kappa shape index (κ2) is 15.2. The quantitative estimate of drug-likeness (QED) is 0.147. The van der Waals surface area contributed by atoms with E-state index in [0.29, 0.717) is 5.41 Å². The lowest BCUT2D eigenvalue weighted by Crippen LogP contribution is -2.48. The standard InChI is InChI=1S/C62H49NS/c1-2-9-46(10-3-1)55-16-7-11-48-12-8-17-56(61(48)55)47-23-30-53(31-24-47)63(54-14-6-13-49(36-54)50-25-32-58-57-15-4-5-18-59(57)64-60(58)37-50)52-28-21-45(22-29-52)44-19-26-51(27-20-44)62-38-41-33-42(39-62)35-43(34-41)40-62/h1-32,36-37,41-43H,33-35,38-40H2. The summed E-state index contributed by atoms with van der Waals surface area (Å²) in [5, 5.41) is 5.19. The van der Waals surface area contributed by atoms with Gasteiger partial charge < -0.3 is 4.90 Å². The zero-order valence-corrected chi connectivity index (χ0v) is 36.8. The minimum absolute atomic E-state index is 0.420. The van der Waals surface area contributed by atoms with Crippen molar-refractivity contribution in [3.05, 3.63) is 212 Å². The Morgan fingerprint density at radius 1 is 0.375 bits per heavy atom. The maximum atomic E-state index is 2.48. The molecule has 308 valence electrons. The molecule has 4 saturated carbocycles. The monoisotopic (exact) mass is 839 g/mol. The first kappa shape index (κ1) is 37.8. The van der Waals surface area contributed by atoms with Crippen LogP contribution < -0.4 is 4.90 Å². The predicted octanol–water partition coefficient (Wildman–Crippen LogP) is 17.8. The van der Waals surface area contributed by atoms with Crippen molar-refractivity contribution in [2.24, 2.45) is 17.8 Å². The maximum Gasteiger partial charge on any atom is 0.0467 e. The zero-order chi connectivity index (χ0) is 42.2. The van der Waals surface area contributed by atoms with E-state index in [0.717, 1.165) is 34.8 Å². The van der Waals surface area contributed by atoms with E-state index < -0.39 is 0 Å². The van der Waals surface area contributed by atoms with Crippen molar-refractivity contribution in [2.75, 3.05) is 4.90 Å². The average molecular weight is 840 g/mol. The van der Waals surface area contributed by atoms with Gasteiger partial charge in [-0.3, -0.25) is 0 Å². The molecule has 64 heavy (non-hydrogen) atoms. The van der Waals surface area contributed by atoms with E-state index in [4.69, 9.17) is 0 Å². The van der Waals surface area contributed by atoms with Gasteiger partial charge in [-0.25, -0.2) is 0 Å². The molecule has 2 heteroatoms. The van der Waals surface area contributed by atoms with Crippen LogP contribution in [-0.2, 0) is 5.41 Å². The molecule has 0 saturated heterocycles. The Bertz CT molecular complexity index is 3300. The van der Waals surface area contributed by atoms with Gasteiger partial charge in [0, 0.05) is 37.2 Å². The van der Waals surface area contributed by atoms with Gasteiger partial charge in [-0.1, -0.05) is 158 Å². The Hall–Kier alpha value is -6.74. The molecule has 0 spiro atoms. The van der Waals surface area contributed by atoms with Crippen molar-refractivity contribution in [1.29, 1.82) is 0 Å². The Balaban J connectivity index is 0.873. The fraction of sp³-hybridized carbons (Fsp3) is 0.161. The fourth-order valence-electron chi connectivity index (χ4n) is 12.7. The molecule has 1 aromatic heterocycles. The molecule has 0 aliphatic heterocycles. The van der Waals surface area contributed by atoms with Crippen molar-refractivity contribution in [3.8, 4) is 44.5 Å². The number of anilines is 3. The number of rotatable bonds is 8. The highest BCUT2D eigenvalue weighted by molar-refractivity contribution is 7.25. The molecule has 14 rings (SSSR count). The van der Waals surface area contributed by atoms with E-state index in [2.05, 4.69) is 211 Å². The van der Waals surface area contributed by atoms with Crippen LogP contribution in [0, 0.1) is 17.8 Å². The number of hydrogen-bond acceptors (Lipinski definition) is 2. The first-order valence-electron chi connectivity index (χ1n) is 23.3. The molecule has 10 aromatic rings. The van der Waals surface area contributed by atoms with Gasteiger partial charge in [-0.2, -0.15) is 0 Å². The molecule has 0 radical (unpaired) electrons. The third-order valence-electron chi connectivity index (χ3n) is 15.2. The smallest absolute Gasteiger partial charge is 0.0467 e. The summed E-state index contributed by atoms with van der Waals surface area (Å²) in [5.74, 6) is 2.86. The van der Waals surface area contributed by atoms with E-state index in [9.17, 15) is 0 Å². The molecular weight excluding hydrogens is 791 g/mol. The molecule has 4 aliphatic carbocycles. The molecule has 1 heterocycles. The van der Waals surface area contributed by atoms with E-state index in [1.165, 1.54) is 114 Å². The van der Waals surface area contributed by atoms with E-state index in [1.54, 1.807) is 5.56 Å². The minimum atomic E-state index is 0.420. The summed E-state index contributed by atoms with van der Waals surface area (Å²) in [5.41, 5.74) is 15.3. The topological polar surface area (TPSA) is 3.24 Å². The zero-order valence-electron chi connectivity index (χ0n) is 36.0. The highest BCUT2D eigenvalue weighted by Crippen LogP contribution is 2.61. The van der Waals surface area contributed by atoms with Crippen LogP contribution in [0.25, 0.3) is 75.5 Å². The average Bonchev–Trinajstić information content (AvgIpc) is 3.72. The van der Waals surface area contributed by atoms with Crippen LogP contribution in [-0.4, -0.2) is 0 Å². The third kappa shape index (κ3) is 6.50. The van der Waals surface area contributed by atoms with Gasteiger partial charge in [0.1, 0.15) is 0 Å². The second-order valence-corrected chi connectivity index (χ2v) is 20.2. The first-order chi connectivity index (χ1) is 31.6. The van der Waals surface area contributed by atoms with Gasteiger partial charge in [0.05, 0.1) is 0 Å². The number of nitrogens with zero attached hydrogens (tertiary/aromatic N) is 1. The van der Waals surface area contributed by atoms with Crippen LogP contribution in [0.4, 0.5) is 17.1 Å². The first-order valence-corrected chi connectivity index (χ1v) is 24.1. The fourth-order valence-corrected chi connectivity index (χ4v) is 13.8. The van der Waals surface area contributed by atoms with Crippen LogP contribution in [0.3, 0.4) is 0 Å². The van der Waals surface area contributed by atoms with Gasteiger partial charge in [-0.05, 0) is 171 Å². The van der Waals surface area contributed by atoms with Gasteiger partial charge in [-0.15, -0.1) is 11.3 Å². The summed E-state index contributed by atoms with van der Waals surface area (Å²) < 4.78 is 2.65. The van der Waals surface area contributed by atoms with Crippen LogP contribution >= 0.6 is 11.3 Å². The molecule has 4 bridgehead atoms. The molecular formula is C62H49NS. The van der Waals surface area contributed by atoms with Crippen molar-refractivity contribution >= 4 is 59.3 Å². The van der Waals surface area contributed by atoms with Gasteiger partial charge >= 0.3 is 0 Å². The van der Waals surface area contributed by atoms with E-state index in [1.807, 2.05) is 11.3 Å². The van der Waals surface area contributed by atoms with Gasteiger partial charge in [0.15, 0.2) is 0 Å². The molecule has 0 atom stereocenters. The van der Waals surface area contributed by atoms with Gasteiger partial charge in [0.25, 0.3) is 0 Å². The lowest BCUT2D eigenvalue weighted by Gasteiger charge is -2.57. The Kier molecular flexibility index (Phi) is 8.98. The number of fused-ring (bicyclic) bond motifs is 4. The van der Waals surface area contributed by atoms with Crippen molar-refractivity contribution < 1.29 is 0 Å². The summed E-state index contributed by atoms with van der Waals surface area (Å²) in [6.07, 6.45) is 8.66. The molecule has 9 aromatic carbocycles. The highest BCUT2D eigenvalue weighted by atomic mass is 32.1. The lowest BCUT2D eigenvalue weighted by molar-refractivity contribution is -0.00518. The summed E-state index contributed by atoms with van der Waals surface area (Å²) in [7, 11) is 0. The molecule has 0 N–H and O–H groups in total. The molecule has 4 fully saturated rings. The largest absolute Gasteiger partial charge is 0.310 e. The van der Waals surface area contributed by atoms with Crippen LogP contribution in [0.15, 0.2) is 206 Å². The van der Waals surface area contributed by atoms with Crippen molar-refractivity contribution in [2.45, 2.75) is 43.9 Å². The summed E-state index contributed by atoms with van der Waals surface area (Å²) in [6, 6.07) is 77.1. The molecule has 0 amide bonds. The minimum Gasteiger partial charge on any atom is -0.310 e. The second-order valence-electron chi connectivity index (χ2n) is 19.1. The number of hydrogen-bond donors (Lipinski definition) is 0. The highest BCUT2D eigenvalue weighted by Gasteiger charge is 2.51. The Morgan fingerprint density at radius 2 is 0.891 bits per heavy atom. The maximum absolute atomic E-state index is 2.48. The predicted molar refractivity (Wildman–Crippen MR) is 273 cm³/mol. The van der Waals surface area contributed by atoms with E-state index in [-0.39, 0.29) is 0 Å². The van der Waals surface area contributed by atoms with Crippen molar-refractivity contribution in [1.82, 2.24) is 0 Å². The molecule has 4 aliphatic rings. The summed E-state index contributed by atoms with van der Waals surface area (Å²) >= 11 is 1.88. The summed E-state index contributed by atoms with van der Waals surface area (Å²) in [6.45, 7) is 0. The Labute approximate surface area is 380 Å². The van der Waals surface area contributed by atoms with E-state index >= 15 is 0 Å². The van der Waals surface area contributed by atoms with Crippen molar-refractivity contribution in [3.63, 3.8) is 0 Å². The third-order valence-corrected chi connectivity index (χ3v) is 16.4. The Morgan fingerprint density at radius 3 is 1.56 bits per heavy atom. The normalized spacial score (nSPS) is 20.0.